The van der Waals surface area contributed by atoms with Gasteiger partial charge in [0.1, 0.15) is 11.5 Å². The lowest BCUT2D eigenvalue weighted by atomic mass is 10.1. The molecule has 0 amide bonds. The molecule has 7 nitrogen and oxygen atoms in total. The number of non-ortho nitro benzene ring substituents is 1. The van der Waals surface area contributed by atoms with Crippen molar-refractivity contribution in [3.05, 3.63) is 82.4 Å². The minimum absolute atomic E-state index is 0.0728. The fraction of sp³-hybridized carbons (Fsp3) is 0. The first-order valence-electron chi connectivity index (χ1n) is 8.01. The molecule has 2 heterocycles. The van der Waals surface area contributed by atoms with Crippen LogP contribution in [0.2, 0.25) is 0 Å². The van der Waals surface area contributed by atoms with E-state index in [0.29, 0.717) is 22.7 Å². The van der Waals surface area contributed by atoms with Crippen LogP contribution in [-0.2, 0) is 0 Å². The van der Waals surface area contributed by atoms with Gasteiger partial charge in [0.05, 0.1) is 16.0 Å². The lowest BCUT2D eigenvalue weighted by molar-refractivity contribution is -0.384. The second-order valence-corrected chi connectivity index (χ2v) is 5.85. The van der Waals surface area contributed by atoms with Gasteiger partial charge < -0.3 is 9.52 Å². The Bertz CT molecular complexity index is 1180. The Labute approximate surface area is 152 Å². The van der Waals surface area contributed by atoms with E-state index >= 15 is 0 Å². The lowest BCUT2D eigenvalue weighted by Gasteiger charge is -2.05. The van der Waals surface area contributed by atoms with Crippen molar-refractivity contribution in [1.29, 1.82) is 0 Å². The smallest absolute Gasteiger partial charge is 0.336 e. The molecule has 132 valence electrons. The molecule has 2 aromatic heterocycles. The molecule has 7 heteroatoms. The maximum atomic E-state index is 11.7. The van der Waals surface area contributed by atoms with Crippen LogP contribution in [0.5, 0.6) is 0 Å². The molecular weight excluding hydrogens is 348 g/mol. The van der Waals surface area contributed by atoms with E-state index in [2.05, 4.69) is 4.98 Å². The van der Waals surface area contributed by atoms with Crippen molar-refractivity contribution in [3.8, 4) is 22.8 Å². The molecule has 0 fully saturated rings. The number of carbonyl (C=O) groups is 1. The number of hydrogen-bond acceptors (Lipinski definition) is 5. The molecule has 0 saturated heterocycles. The van der Waals surface area contributed by atoms with E-state index in [0.717, 1.165) is 5.56 Å². The number of nitrogens with zero attached hydrogens (tertiary/aromatic N) is 2. The molecule has 0 spiro atoms. The standard InChI is InChI=1S/C20H12N2O5/c23-20(24)15-11-17(21-16-7-6-13(22(25)26)10-14(15)16)19-9-8-18(27-19)12-4-2-1-3-5-12/h1-11H,(H,23,24). The van der Waals surface area contributed by atoms with Gasteiger partial charge in [-0.2, -0.15) is 0 Å². The van der Waals surface area contributed by atoms with Gasteiger partial charge in [0.25, 0.3) is 5.69 Å². The molecule has 27 heavy (non-hydrogen) atoms. The van der Waals surface area contributed by atoms with Crippen LogP contribution in [0, 0.1) is 10.1 Å². The van der Waals surface area contributed by atoms with Crippen molar-refractivity contribution < 1.29 is 19.2 Å². The molecule has 0 radical (unpaired) electrons. The summed E-state index contributed by atoms with van der Waals surface area (Å²) < 4.78 is 5.84. The van der Waals surface area contributed by atoms with Gasteiger partial charge in [-0.15, -0.1) is 0 Å². The van der Waals surface area contributed by atoms with E-state index < -0.39 is 10.9 Å². The molecule has 0 aliphatic carbocycles. The SMILES string of the molecule is O=C(O)c1cc(-c2ccc(-c3ccccc3)o2)nc2ccc([N+](=O)[O-])cc12. The molecule has 0 aliphatic rings. The quantitative estimate of drug-likeness (QED) is 0.415. The van der Waals surface area contributed by atoms with Gasteiger partial charge in [-0.25, -0.2) is 9.78 Å². The Morgan fingerprint density at radius 3 is 2.44 bits per heavy atom. The van der Waals surface area contributed by atoms with Crippen molar-refractivity contribution in [3.63, 3.8) is 0 Å². The van der Waals surface area contributed by atoms with Crippen LogP contribution < -0.4 is 0 Å². The summed E-state index contributed by atoms with van der Waals surface area (Å²) in [6.07, 6.45) is 0. The molecule has 0 unspecified atom stereocenters. The number of furan rings is 1. The third-order valence-corrected chi connectivity index (χ3v) is 4.15. The number of pyridine rings is 1. The summed E-state index contributed by atoms with van der Waals surface area (Å²) in [5.41, 5.74) is 1.31. The second-order valence-electron chi connectivity index (χ2n) is 5.85. The van der Waals surface area contributed by atoms with Crippen LogP contribution >= 0.6 is 0 Å². The molecule has 2 aromatic carbocycles. The summed E-state index contributed by atoms with van der Waals surface area (Å²) in [7, 11) is 0. The van der Waals surface area contributed by atoms with Gasteiger partial charge >= 0.3 is 5.97 Å². The maximum absolute atomic E-state index is 11.7. The zero-order valence-corrected chi connectivity index (χ0v) is 13.8. The summed E-state index contributed by atoms with van der Waals surface area (Å²) in [6.45, 7) is 0. The van der Waals surface area contributed by atoms with E-state index in [4.69, 9.17) is 4.42 Å². The Morgan fingerprint density at radius 2 is 1.74 bits per heavy atom. The number of benzene rings is 2. The number of nitro groups is 1. The van der Waals surface area contributed by atoms with Gasteiger partial charge in [-0.05, 0) is 24.3 Å². The highest BCUT2D eigenvalue weighted by atomic mass is 16.6. The number of carboxylic acid groups (broad SMARTS) is 1. The number of nitro benzene ring substituents is 1. The highest BCUT2D eigenvalue weighted by Gasteiger charge is 2.18. The summed E-state index contributed by atoms with van der Waals surface area (Å²) in [4.78, 5) is 26.5. The zero-order valence-electron chi connectivity index (χ0n) is 13.8. The maximum Gasteiger partial charge on any atom is 0.336 e. The second kappa shape index (κ2) is 6.38. The van der Waals surface area contributed by atoms with E-state index in [1.807, 2.05) is 30.3 Å². The predicted octanol–water partition coefficient (Wildman–Crippen LogP) is 4.77. The Morgan fingerprint density at radius 1 is 1.00 bits per heavy atom. The van der Waals surface area contributed by atoms with Crippen molar-refractivity contribution in [2.24, 2.45) is 0 Å². The first-order valence-corrected chi connectivity index (χ1v) is 8.01. The Balaban J connectivity index is 1.86. The number of hydrogen-bond donors (Lipinski definition) is 1. The first kappa shape index (κ1) is 16.5. The first-order chi connectivity index (χ1) is 13.0. The highest BCUT2D eigenvalue weighted by Crippen LogP contribution is 2.31. The summed E-state index contributed by atoms with van der Waals surface area (Å²) in [5, 5.41) is 20.7. The van der Waals surface area contributed by atoms with E-state index in [1.54, 1.807) is 12.1 Å². The zero-order chi connectivity index (χ0) is 19.0. The normalized spacial score (nSPS) is 10.8. The Kier molecular flexibility index (Phi) is 3.89. The van der Waals surface area contributed by atoms with Gasteiger partial charge in [0.2, 0.25) is 0 Å². The number of carboxylic acids is 1. The van der Waals surface area contributed by atoms with Crippen molar-refractivity contribution >= 4 is 22.6 Å². The monoisotopic (exact) mass is 360 g/mol. The molecule has 1 N–H and O–H groups in total. The molecule has 0 bridgehead atoms. The highest BCUT2D eigenvalue weighted by molar-refractivity contribution is 6.04. The van der Waals surface area contributed by atoms with Crippen LogP contribution in [0.3, 0.4) is 0 Å². The van der Waals surface area contributed by atoms with Crippen LogP contribution in [0.4, 0.5) is 5.69 Å². The average molecular weight is 360 g/mol. The molecular formula is C20H12N2O5. The largest absolute Gasteiger partial charge is 0.478 e. The van der Waals surface area contributed by atoms with Crippen molar-refractivity contribution in [2.75, 3.05) is 0 Å². The number of aromatic carboxylic acids is 1. The third-order valence-electron chi connectivity index (χ3n) is 4.15. The number of fused-ring (bicyclic) bond motifs is 1. The summed E-state index contributed by atoms with van der Waals surface area (Å²) in [6, 6.07) is 18.3. The number of rotatable bonds is 4. The molecule has 4 rings (SSSR count). The fourth-order valence-electron chi connectivity index (χ4n) is 2.86. The molecule has 0 atom stereocenters. The minimum atomic E-state index is -1.20. The van der Waals surface area contributed by atoms with E-state index in [-0.39, 0.29) is 16.6 Å². The molecule has 4 aromatic rings. The minimum Gasteiger partial charge on any atom is -0.478 e. The predicted molar refractivity (Wildman–Crippen MR) is 98.5 cm³/mol. The molecule has 0 saturated carbocycles. The summed E-state index contributed by atoms with van der Waals surface area (Å²) in [5.74, 6) is -0.149. The van der Waals surface area contributed by atoms with Crippen LogP contribution in [-0.4, -0.2) is 21.0 Å². The fourth-order valence-corrected chi connectivity index (χ4v) is 2.86. The molecule has 0 aliphatic heterocycles. The third kappa shape index (κ3) is 3.02. The van der Waals surface area contributed by atoms with Gasteiger partial charge in [0.15, 0.2) is 5.76 Å². The van der Waals surface area contributed by atoms with Gasteiger partial charge in [-0.1, -0.05) is 30.3 Å². The van der Waals surface area contributed by atoms with E-state index in [1.165, 1.54) is 24.3 Å². The summed E-state index contributed by atoms with van der Waals surface area (Å²) >= 11 is 0. The van der Waals surface area contributed by atoms with Crippen molar-refractivity contribution in [1.82, 2.24) is 4.98 Å². The van der Waals surface area contributed by atoms with Gasteiger partial charge in [0, 0.05) is 23.1 Å². The van der Waals surface area contributed by atoms with Gasteiger partial charge in [-0.3, -0.25) is 10.1 Å². The van der Waals surface area contributed by atoms with Crippen LogP contribution in [0.1, 0.15) is 10.4 Å². The lowest BCUT2D eigenvalue weighted by Crippen LogP contribution is -2.01. The number of aromatic nitrogens is 1. The topological polar surface area (TPSA) is 106 Å². The van der Waals surface area contributed by atoms with E-state index in [9.17, 15) is 20.0 Å². The van der Waals surface area contributed by atoms with Crippen LogP contribution in [0.15, 0.2) is 71.1 Å². The van der Waals surface area contributed by atoms with Crippen LogP contribution in [0.25, 0.3) is 33.7 Å². The average Bonchev–Trinajstić information content (AvgIpc) is 3.17. The Hall–Kier alpha value is -4.00. The van der Waals surface area contributed by atoms with Crippen molar-refractivity contribution in [2.45, 2.75) is 0 Å².